The summed E-state index contributed by atoms with van der Waals surface area (Å²) in [5.41, 5.74) is 0. The molecule has 6 heteroatoms. The number of nitrogens with one attached hydrogen (secondary N) is 1. The topological polar surface area (TPSA) is 65.5 Å². The number of aromatic nitrogens is 1. The van der Waals surface area contributed by atoms with Gasteiger partial charge in [0.2, 0.25) is 0 Å². The fraction of sp³-hybridized carbons (Fsp3) is 0.500. The lowest BCUT2D eigenvalue weighted by atomic mass is 10.4. The van der Waals surface area contributed by atoms with E-state index in [9.17, 15) is 4.79 Å². The minimum atomic E-state index is -0.899. The van der Waals surface area contributed by atoms with E-state index in [1.807, 2.05) is 0 Å². The molecule has 0 aromatic carbocycles. The average molecular weight is 213 g/mol. The number of carboxylic acid groups (broad SMARTS) is 1. The Morgan fingerprint density at radius 1 is 1.57 bits per heavy atom. The molecule has 1 aromatic heterocycles. The number of thiazole rings is 1. The van der Waals surface area contributed by atoms with Gasteiger partial charge in [-0.2, -0.15) is 0 Å². The van der Waals surface area contributed by atoms with Crippen molar-refractivity contribution in [3.05, 3.63) is 11.1 Å². The number of piperazine rings is 1. The molecule has 76 valence electrons. The molecule has 0 bridgehead atoms. The number of anilines is 1. The molecule has 2 N–H and O–H groups in total. The summed E-state index contributed by atoms with van der Waals surface area (Å²) in [6, 6.07) is 0. The minimum Gasteiger partial charge on any atom is -0.477 e. The van der Waals surface area contributed by atoms with Gasteiger partial charge in [-0.1, -0.05) is 11.3 Å². The van der Waals surface area contributed by atoms with Gasteiger partial charge in [0.05, 0.1) is 6.20 Å². The van der Waals surface area contributed by atoms with Gasteiger partial charge < -0.3 is 15.3 Å². The first kappa shape index (κ1) is 9.42. The van der Waals surface area contributed by atoms with Crippen molar-refractivity contribution in [3.8, 4) is 0 Å². The molecule has 0 amide bonds. The van der Waals surface area contributed by atoms with Crippen LogP contribution in [-0.4, -0.2) is 42.2 Å². The first-order valence-corrected chi connectivity index (χ1v) is 5.24. The summed E-state index contributed by atoms with van der Waals surface area (Å²) >= 11 is 1.23. The van der Waals surface area contributed by atoms with Crippen molar-refractivity contribution in [3.63, 3.8) is 0 Å². The van der Waals surface area contributed by atoms with Crippen LogP contribution in [0.15, 0.2) is 6.20 Å². The molecule has 1 saturated heterocycles. The van der Waals surface area contributed by atoms with Crippen molar-refractivity contribution in [2.45, 2.75) is 0 Å². The van der Waals surface area contributed by atoms with Crippen LogP contribution in [-0.2, 0) is 0 Å². The molecule has 14 heavy (non-hydrogen) atoms. The van der Waals surface area contributed by atoms with Crippen molar-refractivity contribution in [1.82, 2.24) is 10.3 Å². The predicted octanol–water partition coefficient (Wildman–Crippen LogP) is 0.251. The highest BCUT2D eigenvalue weighted by Crippen LogP contribution is 2.22. The summed E-state index contributed by atoms with van der Waals surface area (Å²) in [6.45, 7) is 3.66. The highest BCUT2D eigenvalue weighted by atomic mass is 32.1. The molecule has 1 aliphatic heterocycles. The molecule has 0 aliphatic carbocycles. The fourth-order valence-corrected chi connectivity index (χ4v) is 2.17. The Balaban J connectivity index is 2.11. The average Bonchev–Trinajstić information content (AvgIpc) is 2.68. The second kappa shape index (κ2) is 3.93. The van der Waals surface area contributed by atoms with Gasteiger partial charge in [-0.3, -0.25) is 0 Å². The lowest BCUT2D eigenvalue weighted by Crippen LogP contribution is -2.43. The summed E-state index contributed by atoms with van der Waals surface area (Å²) in [4.78, 5) is 17.1. The van der Waals surface area contributed by atoms with Crippen molar-refractivity contribution in [2.75, 3.05) is 31.1 Å². The van der Waals surface area contributed by atoms with Crippen LogP contribution in [0, 0.1) is 0 Å². The van der Waals surface area contributed by atoms with Gasteiger partial charge in [-0.25, -0.2) is 9.78 Å². The van der Waals surface area contributed by atoms with Crippen LogP contribution >= 0.6 is 11.3 Å². The third-order valence-corrected chi connectivity index (χ3v) is 3.14. The maximum atomic E-state index is 10.6. The second-order valence-corrected chi connectivity index (χ2v) is 4.06. The summed E-state index contributed by atoms with van der Waals surface area (Å²) in [5.74, 6) is -0.899. The molecule has 2 heterocycles. The number of aromatic carboxylic acids is 1. The van der Waals surface area contributed by atoms with Gasteiger partial charge in [0, 0.05) is 26.2 Å². The predicted molar refractivity (Wildman–Crippen MR) is 54.2 cm³/mol. The SMILES string of the molecule is O=C(O)c1cnc(N2CCNCC2)s1. The van der Waals surface area contributed by atoms with Gasteiger partial charge >= 0.3 is 5.97 Å². The third kappa shape index (κ3) is 1.85. The maximum absolute atomic E-state index is 10.6. The molecule has 5 nitrogen and oxygen atoms in total. The quantitative estimate of drug-likeness (QED) is 0.737. The van der Waals surface area contributed by atoms with Gasteiger partial charge in [0.25, 0.3) is 0 Å². The molecule has 0 saturated carbocycles. The lowest BCUT2D eigenvalue weighted by Gasteiger charge is -2.26. The van der Waals surface area contributed by atoms with E-state index in [1.165, 1.54) is 17.5 Å². The van der Waals surface area contributed by atoms with Crippen LogP contribution in [0.5, 0.6) is 0 Å². The highest BCUT2D eigenvalue weighted by molar-refractivity contribution is 7.17. The fourth-order valence-electron chi connectivity index (χ4n) is 1.37. The number of carboxylic acids is 1. The van der Waals surface area contributed by atoms with Crippen molar-refractivity contribution in [2.24, 2.45) is 0 Å². The van der Waals surface area contributed by atoms with Crippen molar-refractivity contribution < 1.29 is 9.90 Å². The van der Waals surface area contributed by atoms with Crippen LogP contribution in [0.2, 0.25) is 0 Å². The molecule has 2 rings (SSSR count). The zero-order valence-electron chi connectivity index (χ0n) is 7.56. The Labute approximate surface area is 85.4 Å². The zero-order valence-corrected chi connectivity index (χ0v) is 8.38. The van der Waals surface area contributed by atoms with Crippen molar-refractivity contribution >= 4 is 22.4 Å². The Morgan fingerprint density at radius 3 is 2.86 bits per heavy atom. The standard InChI is InChI=1S/C8H11N3O2S/c12-7(13)6-5-10-8(14-6)11-3-1-9-2-4-11/h5,9H,1-4H2,(H,12,13). The molecular formula is C8H11N3O2S. The van der Waals surface area contributed by atoms with Crippen LogP contribution < -0.4 is 10.2 Å². The number of hydrogen-bond donors (Lipinski definition) is 2. The van der Waals surface area contributed by atoms with Crippen molar-refractivity contribution in [1.29, 1.82) is 0 Å². The lowest BCUT2D eigenvalue weighted by molar-refractivity contribution is 0.0702. The molecule has 1 aliphatic rings. The van der Waals surface area contributed by atoms with Gasteiger partial charge in [-0.15, -0.1) is 0 Å². The number of hydrogen-bond acceptors (Lipinski definition) is 5. The van der Waals surface area contributed by atoms with Gasteiger partial charge in [0.15, 0.2) is 5.13 Å². The van der Waals surface area contributed by atoms with E-state index in [1.54, 1.807) is 0 Å². The van der Waals surface area contributed by atoms with E-state index < -0.39 is 5.97 Å². The summed E-state index contributed by atoms with van der Waals surface area (Å²) < 4.78 is 0. The summed E-state index contributed by atoms with van der Waals surface area (Å²) in [5, 5.41) is 12.8. The molecular weight excluding hydrogens is 202 g/mol. The first-order valence-electron chi connectivity index (χ1n) is 4.42. The number of rotatable bonds is 2. The molecule has 0 radical (unpaired) electrons. The first-order chi connectivity index (χ1) is 6.77. The van der Waals surface area contributed by atoms with E-state index in [4.69, 9.17) is 5.11 Å². The smallest absolute Gasteiger partial charge is 0.347 e. The van der Waals surface area contributed by atoms with Crippen LogP contribution in [0.4, 0.5) is 5.13 Å². The Hall–Kier alpha value is -1.14. The van der Waals surface area contributed by atoms with E-state index in [0.717, 1.165) is 31.3 Å². The number of nitrogens with zero attached hydrogens (tertiary/aromatic N) is 2. The largest absolute Gasteiger partial charge is 0.477 e. The van der Waals surface area contributed by atoms with E-state index in [2.05, 4.69) is 15.2 Å². The summed E-state index contributed by atoms with van der Waals surface area (Å²) in [6.07, 6.45) is 1.42. The van der Waals surface area contributed by atoms with Gasteiger partial charge in [0.1, 0.15) is 4.88 Å². The van der Waals surface area contributed by atoms with Crippen LogP contribution in [0.25, 0.3) is 0 Å². The molecule has 1 aromatic rings. The normalized spacial score (nSPS) is 17.0. The highest BCUT2D eigenvalue weighted by Gasteiger charge is 2.15. The zero-order chi connectivity index (χ0) is 9.97. The molecule has 1 fully saturated rings. The third-order valence-electron chi connectivity index (χ3n) is 2.09. The maximum Gasteiger partial charge on any atom is 0.347 e. The van der Waals surface area contributed by atoms with E-state index in [0.29, 0.717) is 4.88 Å². The monoisotopic (exact) mass is 213 g/mol. The Bertz CT molecular complexity index is 333. The molecule has 0 spiro atoms. The van der Waals surface area contributed by atoms with E-state index in [-0.39, 0.29) is 0 Å². The Kier molecular flexibility index (Phi) is 2.64. The van der Waals surface area contributed by atoms with Crippen LogP contribution in [0.1, 0.15) is 9.67 Å². The van der Waals surface area contributed by atoms with Crippen LogP contribution in [0.3, 0.4) is 0 Å². The van der Waals surface area contributed by atoms with Gasteiger partial charge in [-0.05, 0) is 0 Å². The second-order valence-electron chi connectivity index (χ2n) is 3.05. The van der Waals surface area contributed by atoms with E-state index >= 15 is 0 Å². The minimum absolute atomic E-state index is 0.304. The molecule has 0 atom stereocenters. The number of carbonyl (C=O) groups is 1. The molecule has 0 unspecified atom stereocenters. The summed E-state index contributed by atoms with van der Waals surface area (Å²) in [7, 11) is 0. The Morgan fingerprint density at radius 2 is 2.29 bits per heavy atom.